The van der Waals surface area contributed by atoms with Crippen molar-refractivity contribution in [3.8, 4) is 23.0 Å². The normalized spacial score (nSPS) is 10.2. The maximum Gasteiger partial charge on any atom is 0.337 e. The number of benzene rings is 2. The molecule has 0 aliphatic heterocycles. The second kappa shape index (κ2) is 8.46. The van der Waals surface area contributed by atoms with E-state index < -0.39 is 0 Å². The first-order valence-corrected chi connectivity index (χ1v) is 8.14. The molecule has 0 saturated carbocycles. The van der Waals surface area contributed by atoms with Gasteiger partial charge < -0.3 is 4.74 Å². The molecule has 3 heteroatoms. The van der Waals surface area contributed by atoms with Crippen molar-refractivity contribution in [1.82, 2.24) is 4.98 Å². The number of methoxy groups -OCH3 is 1. The Morgan fingerprint density at radius 3 is 2.46 bits per heavy atom. The summed E-state index contributed by atoms with van der Waals surface area (Å²) >= 11 is 0. The Labute approximate surface area is 153 Å². The Kier molecular flexibility index (Phi) is 5.59. The van der Waals surface area contributed by atoms with E-state index >= 15 is 0 Å². The first-order valence-electron chi connectivity index (χ1n) is 8.14. The van der Waals surface area contributed by atoms with Crippen molar-refractivity contribution in [2.24, 2.45) is 0 Å². The third-order valence-electron chi connectivity index (χ3n) is 3.82. The summed E-state index contributed by atoms with van der Waals surface area (Å²) in [7, 11) is 1.37. The molecule has 126 valence electrons. The molecule has 3 aromatic rings. The maximum absolute atomic E-state index is 11.4. The summed E-state index contributed by atoms with van der Waals surface area (Å²) in [6.45, 7) is 0. The van der Waals surface area contributed by atoms with E-state index in [1.807, 2.05) is 36.4 Å². The summed E-state index contributed by atoms with van der Waals surface area (Å²) in [6, 6.07) is 19.1. The predicted molar refractivity (Wildman–Crippen MR) is 103 cm³/mol. The van der Waals surface area contributed by atoms with E-state index in [1.54, 1.807) is 36.7 Å². The molecule has 2 aromatic carbocycles. The fourth-order valence-electron chi connectivity index (χ4n) is 2.50. The molecule has 3 nitrogen and oxygen atoms in total. The molecule has 0 saturated heterocycles. The third kappa shape index (κ3) is 4.25. The van der Waals surface area contributed by atoms with Crippen LogP contribution in [0.5, 0.6) is 0 Å². The number of allylic oxidation sites excluding steroid dienone is 1. The average molecular weight is 339 g/mol. The first kappa shape index (κ1) is 17.2. The van der Waals surface area contributed by atoms with Crippen LogP contribution in [-0.2, 0) is 4.74 Å². The Hall–Kier alpha value is -3.64. The van der Waals surface area contributed by atoms with Gasteiger partial charge in [-0.1, -0.05) is 36.1 Å². The Morgan fingerprint density at radius 2 is 1.73 bits per heavy atom. The van der Waals surface area contributed by atoms with Crippen molar-refractivity contribution < 1.29 is 9.53 Å². The van der Waals surface area contributed by atoms with E-state index in [9.17, 15) is 4.79 Å². The van der Waals surface area contributed by atoms with Crippen LogP contribution in [0, 0.1) is 11.8 Å². The fraction of sp³-hybridized carbons (Fsp3) is 0.0435. The van der Waals surface area contributed by atoms with Crippen LogP contribution in [0.4, 0.5) is 0 Å². The van der Waals surface area contributed by atoms with E-state index in [-0.39, 0.29) is 5.97 Å². The Bertz CT molecular complexity index is 978. The monoisotopic (exact) mass is 339 g/mol. The van der Waals surface area contributed by atoms with Gasteiger partial charge in [0.15, 0.2) is 0 Å². The number of carbonyl (C=O) groups is 1. The molecular weight excluding hydrogens is 322 g/mol. The van der Waals surface area contributed by atoms with E-state index in [2.05, 4.69) is 33.7 Å². The highest BCUT2D eigenvalue weighted by Crippen LogP contribution is 2.23. The van der Waals surface area contributed by atoms with Gasteiger partial charge in [-0.15, -0.1) is 0 Å². The fourth-order valence-corrected chi connectivity index (χ4v) is 2.50. The number of hydrogen-bond donors (Lipinski definition) is 0. The van der Waals surface area contributed by atoms with Gasteiger partial charge in [0.2, 0.25) is 0 Å². The smallest absolute Gasteiger partial charge is 0.337 e. The summed E-state index contributed by atoms with van der Waals surface area (Å²) in [5, 5.41) is 0. The van der Waals surface area contributed by atoms with Gasteiger partial charge >= 0.3 is 5.97 Å². The maximum atomic E-state index is 11.4. The molecule has 0 unspecified atom stereocenters. The van der Waals surface area contributed by atoms with Gasteiger partial charge in [0.1, 0.15) is 0 Å². The van der Waals surface area contributed by atoms with Crippen molar-refractivity contribution in [1.29, 1.82) is 0 Å². The largest absolute Gasteiger partial charge is 0.465 e. The molecule has 0 spiro atoms. The van der Waals surface area contributed by atoms with Gasteiger partial charge in [-0.2, -0.15) is 0 Å². The molecule has 0 aliphatic carbocycles. The van der Waals surface area contributed by atoms with Gasteiger partial charge in [0.05, 0.1) is 12.7 Å². The van der Waals surface area contributed by atoms with Crippen LogP contribution >= 0.6 is 0 Å². The minimum Gasteiger partial charge on any atom is -0.465 e. The molecule has 1 aromatic heterocycles. The van der Waals surface area contributed by atoms with Crippen LogP contribution < -0.4 is 0 Å². The number of pyridine rings is 1. The highest BCUT2D eigenvalue weighted by molar-refractivity contribution is 5.89. The van der Waals surface area contributed by atoms with Crippen molar-refractivity contribution in [2.75, 3.05) is 7.11 Å². The standard InChI is InChI=1S/C23H17NO2/c1-26-23(25)21-12-10-18(11-13-21)6-2-3-7-19-8-4-5-9-22(19)20-14-16-24-17-15-20/h3-5,7-17H,1H3. The summed E-state index contributed by atoms with van der Waals surface area (Å²) < 4.78 is 4.68. The van der Waals surface area contributed by atoms with Gasteiger partial charge in [-0.25, -0.2) is 4.79 Å². The number of nitrogens with zero attached hydrogens (tertiary/aromatic N) is 1. The van der Waals surface area contributed by atoms with Gasteiger partial charge in [0.25, 0.3) is 0 Å². The molecule has 1 heterocycles. The second-order valence-corrected chi connectivity index (χ2v) is 5.49. The molecule has 0 radical (unpaired) electrons. The summed E-state index contributed by atoms with van der Waals surface area (Å²) in [4.78, 5) is 15.5. The van der Waals surface area contributed by atoms with E-state index in [1.165, 1.54) is 7.11 Å². The lowest BCUT2D eigenvalue weighted by Gasteiger charge is -2.05. The number of ether oxygens (including phenoxy) is 1. The molecule has 26 heavy (non-hydrogen) atoms. The minimum atomic E-state index is -0.350. The lowest BCUT2D eigenvalue weighted by atomic mass is 10.0. The van der Waals surface area contributed by atoms with Crippen molar-refractivity contribution in [3.05, 3.63) is 95.8 Å². The molecule has 0 atom stereocenters. The molecule has 0 N–H and O–H groups in total. The molecule has 0 aliphatic rings. The van der Waals surface area contributed by atoms with Crippen molar-refractivity contribution >= 4 is 12.0 Å². The SMILES string of the molecule is COC(=O)c1ccc(C#CC=Cc2ccccc2-c2ccncc2)cc1. The zero-order valence-corrected chi connectivity index (χ0v) is 14.3. The van der Waals surface area contributed by atoms with E-state index in [4.69, 9.17) is 0 Å². The third-order valence-corrected chi connectivity index (χ3v) is 3.82. The highest BCUT2D eigenvalue weighted by Gasteiger charge is 2.03. The predicted octanol–water partition coefficient (Wildman–Crippen LogP) is 4.60. The zero-order chi connectivity index (χ0) is 18.2. The Morgan fingerprint density at radius 1 is 1.00 bits per heavy atom. The van der Waals surface area contributed by atoms with Crippen LogP contribution in [0.1, 0.15) is 21.5 Å². The minimum absolute atomic E-state index is 0.350. The average Bonchev–Trinajstić information content (AvgIpc) is 2.72. The molecule has 0 fully saturated rings. The van der Waals surface area contributed by atoms with Gasteiger partial charge in [-0.3, -0.25) is 4.98 Å². The number of esters is 1. The highest BCUT2D eigenvalue weighted by atomic mass is 16.5. The number of hydrogen-bond acceptors (Lipinski definition) is 3. The summed E-state index contributed by atoms with van der Waals surface area (Å²) in [6.07, 6.45) is 7.39. The number of carbonyl (C=O) groups excluding carboxylic acids is 1. The van der Waals surface area contributed by atoms with Gasteiger partial charge in [-0.05, 0) is 65.2 Å². The quantitative estimate of drug-likeness (QED) is 0.517. The first-order chi connectivity index (χ1) is 12.8. The van der Waals surface area contributed by atoms with Crippen LogP contribution in [0.15, 0.2) is 79.1 Å². The van der Waals surface area contributed by atoms with E-state index in [0.29, 0.717) is 5.56 Å². The topological polar surface area (TPSA) is 39.2 Å². The van der Waals surface area contributed by atoms with Crippen LogP contribution in [0.25, 0.3) is 17.2 Å². The van der Waals surface area contributed by atoms with Crippen LogP contribution in [-0.4, -0.2) is 18.1 Å². The lowest BCUT2D eigenvalue weighted by Crippen LogP contribution is -2.00. The molecule has 0 amide bonds. The number of aromatic nitrogens is 1. The molecule has 0 bridgehead atoms. The summed E-state index contributed by atoms with van der Waals surface area (Å²) in [5.74, 6) is 5.74. The van der Waals surface area contributed by atoms with E-state index in [0.717, 1.165) is 22.3 Å². The van der Waals surface area contributed by atoms with Crippen LogP contribution in [0.3, 0.4) is 0 Å². The number of rotatable bonds is 3. The van der Waals surface area contributed by atoms with Crippen molar-refractivity contribution in [2.45, 2.75) is 0 Å². The second-order valence-electron chi connectivity index (χ2n) is 5.49. The van der Waals surface area contributed by atoms with Crippen molar-refractivity contribution in [3.63, 3.8) is 0 Å². The Balaban J connectivity index is 1.76. The molecular formula is C23H17NO2. The zero-order valence-electron chi connectivity index (χ0n) is 14.3. The van der Waals surface area contributed by atoms with Crippen LogP contribution in [0.2, 0.25) is 0 Å². The molecule has 3 rings (SSSR count). The lowest BCUT2D eigenvalue weighted by molar-refractivity contribution is 0.0600. The summed E-state index contributed by atoms with van der Waals surface area (Å²) in [5.41, 5.74) is 4.70. The van der Waals surface area contributed by atoms with Gasteiger partial charge in [0, 0.05) is 18.0 Å².